The molecule has 18 heavy (non-hydrogen) atoms. The van der Waals surface area contributed by atoms with Crippen molar-refractivity contribution in [1.82, 2.24) is 4.98 Å². The van der Waals surface area contributed by atoms with Gasteiger partial charge in [0.05, 0.1) is 12.2 Å². The SMILES string of the molecule is C=CC.CC(=O)C1=Cc2c([nH]c(C)c2C)C=NC1. The summed E-state index contributed by atoms with van der Waals surface area (Å²) in [4.78, 5) is 18.8. The number of hydrogen-bond donors (Lipinski definition) is 1. The number of carbonyl (C=O) groups is 1. The fourth-order valence-corrected chi connectivity index (χ4v) is 1.72. The van der Waals surface area contributed by atoms with Crippen molar-refractivity contribution in [2.24, 2.45) is 4.99 Å². The zero-order valence-corrected chi connectivity index (χ0v) is 11.5. The van der Waals surface area contributed by atoms with Crippen molar-refractivity contribution in [2.75, 3.05) is 6.54 Å². The molecule has 0 spiro atoms. The van der Waals surface area contributed by atoms with Gasteiger partial charge in [0.1, 0.15) is 0 Å². The van der Waals surface area contributed by atoms with E-state index < -0.39 is 0 Å². The van der Waals surface area contributed by atoms with Crippen LogP contribution in [-0.2, 0) is 4.79 Å². The van der Waals surface area contributed by atoms with E-state index in [2.05, 4.69) is 23.5 Å². The van der Waals surface area contributed by atoms with Gasteiger partial charge in [-0.1, -0.05) is 6.08 Å². The molecular weight excluding hydrogens is 224 g/mol. The molecule has 0 bridgehead atoms. The van der Waals surface area contributed by atoms with Gasteiger partial charge in [0.25, 0.3) is 0 Å². The van der Waals surface area contributed by atoms with Crippen LogP contribution < -0.4 is 0 Å². The molecule has 0 radical (unpaired) electrons. The number of nitrogens with zero attached hydrogens (tertiary/aromatic N) is 1. The van der Waals surface area contributed by atoms with Gasteiger partial charge in [0.15, 0.2) is 5.78 Å². The van der Waals surface area contributed by atoms with Crippen LogP contribution in [0, 0.1) is 13.8 Å². The molecule has 2 rings (SSSR count). The van der Waals surface area contributed by atoms with E-state index in [1.54, 1.807) is 13.0 Å². The molecular formula is C15H20N2O. The number of hydrogen-bond acceptors (Lipinski definition) is 2. The van der Waals surface area contributed by atoms with Gasteiger partial charge in [-0.15, -0.1) is 6.58 Å². The normalized spacial score (nSPS) is 12.8. The van der Waals surface area contributed by atoms with E-state index in [1.807, 2.05) is 26.1 Å². The van der Waals surface area contributed by atoms with Crippen molar-refractivity contribution >= 4 is 18.1 Å². The number of aliphatic imine (C=N–C) groups is 1. The largest absolute Gasteiger partial charge is 0.357 e. The topological polar surface area (TPSA) is 45.2 Å². The molecule has 0 saturated heterocycles. The quantitative estimate of drug-likeness (QED) is 0.757. The summed E-state index contributed by atoms with van der Waals surface area (Å²) in [6.07, 6.45) is 5.51. The van der Waals surface area contributed by atoms with Crippen LogP contribution in [0.1, 0.15) is 36.4 Å². The predicted molar refractivity (Wildman–Crippen MR) is 77.3 cm³/mol. The minimum atomic E-state index is 0.0956. The molecule has 2 heterocycles. The number of aryl methyl sites for hydroxylation is 1. The monoisotopic (exact) mass is 244 g/mol. The highest BCUT2D eigenvalue weighted by molar-refractivity contribution is 6.01. The second-order valence-corrected chi connectivity index (χ2v) is 4.31. The van der Waals surface area contributed by atoms with E-state index in [4.69, 9.17) is 0 Å². The summed E-state index contributed by atoms with van der Waals surface area (Å²) in [7, 11) is 0. The average molecular weight is 244 g/mol. The van der Waals surface area contributed by atoms with Crippen molar-refractivity contribution in [3.05, 3.63) is 40.7 Å². The van der Waals surface area contributed by atoms with Gasteiger partial charge in [0, 0.05) is 23.0 Å². The van der Waals surface area contributed by atoms with Crippen LogP contribution in [-0.4, -0.2) is 23.5 Å². The maximum atomic E-state index is 11.3. The van der Waals surface area contributed by atoms with Crippen molar-refractivity contribution in [2.45, 2.75) is 27.7 Å². The highest BCUT2D eigenvalue weighted by Gasteiger charge is 2.13. The summed E-state index contributed by atoms with van der Waals surface area (Å²) in [6, 6.07) is 0. The number of carbonyl (C=O) groups excluding carboxylic acids is 1. The third-order valence-electron chi connectivity index (χ3n) is 2.83. The van der Waals surface area contributed by atoms with Gasteiger partial charge in [-0.05, 0) is 39.3 Å². The zero-order chi connectivity index (χ0) is 13.7. The molecule has 0 saturated carbocycles. The molecule has 0 atom stereocenters. The van der Waals surface area contributed by atoms with Crippen molar-refractivity contribution in [3.8, 4) is 0 Å². The number of nitrogens with one attached hydrogen (secondary N) is 1. The number of aromatic amines is 1. The molecule has 1 aliphatic rings. The van der Waals surface area contributed by atoms with E-state index in [0.29, 0.717) is 6.54 Å². The summed E-state index contributed by atoms with van der Waals surface area (Å²) in [5.74, 6) is 0.0956. The van der Waals surface area contributed by atoms with Crippen molar-refractivity contribution < 1.29 is 4.79 Å². The van der Waals surface area contributed by atoms with Crippen LogP contribution in [0.4, 0.5) is 0 Å². The van der Waals surface area contributed by atoms with Gasteiger partial charge < -0.3 is 4.98 Å². The van der Waals surface area contributed by atoms with E-state index in [1.165, 1.54) is 5.56 Å². The Balaban J connectivity index is 0.000000492. The van der Waals surface area contributed by atoms with E-state index in [9.17, 15) is 4.79 Å². The van der Waals surface area contributed by atoms with Crippen LogP contribution in [0.2, 0.25) is 0 Å². The summed E-state index contributed by atoms with van der Waals surface area (Å²) in [5, 5.41) is 0. The Hall–Kier alpha value is -1.90. The Labute approximate surface area is 108 Å². The molecule has 0 unspecified atom stereocenters. The molecule has 0 aromatic carbocycles. The summed E-state index contributed by atoms with van der Waals surface area (Å²) in [5.41, 5.74) is 5.19. The number of Topliss-reactive ketones (excluding diaryl/α,β-unsaturated/α-hetero) is 1. The lowest BCUT2D eigenvalue weighted by Crippen LogP contribution is -1.99. The minimum absolute atomic E-state index is 0.0956. The van der Waals surface area contributed by atoms with Crippen LogP contribution >= 0.6 is 0 Å². The van der Waals surface area contributed by atoms with Crippen LogP contribution in [0.25, 0.3) is 6.08 Å². The smallest absolute Gasteiger partial charge is 0.157 e. The summed E-state index contributed by atoms with van der Waals surface area (Å²) in [6.45, 7) is 11.4. The molecule has 3 heteroatoms. The predicted octanol–water partition coefficient (Wildman–Crippen LogP) is 3.23. The maximum Gasteiger partial charge on any atom is 0.157 e. The highest BCUT2D eigenvalue weighted by atomic mass is 16.1. The molecule has 1 N–H and O–H groups in total. The van der Waals surface area contributed by atoms with Crippen LogP contribution in [0.15, 0.2) is 23.2 Å². The van der Waals surface area contributed by atoms with E-state index >= 15 is 0 Å². The number of H-pyrrole nitrogens is 1. The number of fused-ring (bicyclic) bond motifs is 1. The Morgan fingerprint density at radius 1 is 1.50 bits per heavy atom. The Morgan fingerprint density at radius 2 is 2.11 bits per heavy atom. The molecule has 1 aromatic rings. The van der Waals surface area contributed by atoms with Gasteiger partial charge in [-0.25, -0.2) is 0 Å². The lowest BCUT2D eigenvalue weighted by atomic mass is 10.1. The third kappa shape index (κ3) is 3.06. The molecule has 1 aromatic heterocycles. The zero-order valence-electron chi connectivity index (χ0n) is 11.5. The second kappa shape index (κ2) is 6.15. The average Bonchev–Trinajstić information content (AvgIpc) is 2.51. The standard InChI is InChI=1S/C12H14N2O.C3H6/c1-7-8(2)14-12-6-13-5-10(9(3)15)4-11(7)12;1-3-2/h4,6,14H,5H2,1-3H3;3H,1H2,2H3. The lowest BCUT2D eigenvalue weighted by molar-refractivity contribution is -0.113. The Kier molecular flexibility index (Phi) is 4.84. The first-order chi connectivity index (χ1) is 8.51. The Bertz CT molecular complexity index is 519. The van der Waals surface area contributed by atoms with Crippen molar-refractivity contribution in [1.29, 1.82) is 0 Å². The number of allylic oxidation sites excluding steroid dienone is 1. The first kappa shape index (κ1) is 14.2. The van der Waals surface area contributed by atoms with Gasteiger partial charge in [-0.2, -0.15) is 0 Å². The molecule has 96 valence electrons. The summed E-state index contributed by atoms with van der Waals surface area (Å²) < 4.78 is 0. The first-order valence-electron chi connectivity index (χ1n) is 5.98. The lowest BCUT2D eigenvalue weighted by Gasteiger charge is -1.97. The van der Waals surface area contributed by atoms with Gasteiger partial charge >= 0.3 is 0 Å². The van der Waals surface area contributed by atoms with Crippen LogP contribution in [0.3, 0.4) is 0 Å². The number of ketones is 1. The molecule has 3 nitrogen and oxygen atoms in total. The van der Waals surface area contributed by atoms with E-state index in [0.717, 1.165) is 22.5 Å². The summed E-state index contributed by atoms with van der Waals surface area (Å²) >= 11 is 0. The minimum Gasteiger partial charge on any atom is -0.357 e. The van der Waals surface area contributed by atoms with Crippen molar-refractivity contribution in [3.63, 3.8) is 0 Å². The third-order valence-corrected chi connectivity index (χ3v) is 2.83. The fourth-order valence-electron chi connectivity index (χ4n) is 1.72. The molecule has 0 amide bonds. The Morgan fingerprint density at radius 3 is 2.67 bits per heavy atom. The molecule has 0 fully saturated rings. The number of rotatable bonds is 1. The fraction of sp³-hybridized carbons (Fsp3) is 0.333. The highest BCUT2D eigenvalue weighted by Crippen LogP contribution is 2.22. The molecule has 0 aliphatic carbocycles. The maximum absolute atomic E-state index is 11.3. The first-order valence-corrected chi connectivity index (χ1v) is 5.98. The number of aromatic nitrogens is 1. The van der Waals surface area contributed by atoms with Crippen LogP contribution in [0.5, 0.6) is 0 Å². The van der Waals surface area contributed by atoms with Gasteiger partial charge in [-0.3, -0.25) is 9.79 Å². The van der Waals surface area contributed by atoms with Gasteiger partial charge in [0.2, 0.25) is 0 Å². The van der Waals surface area contributed by atoms with E-state index in [-0.39, 0.29) is 5.78 Å². The molecule has 1 aliphatic heterocycles. The second-order valence-electron chi connectivity index (χ2n) is 4.31.